The Morgan fingerprint density at radius 3 is 2.67 bits per heavy atom. The highest BCUT2D eigenvalue weighted by atomic mass is 19.4. The summed E-state index contributed by atoms with van der Waals surface area (Å²) in [5.41, 5.74) is -1.44. The summed E-state index contributed by atoms with van der Waals surface area (Å²) in [5.74, 6) is -0.202. The second-order valence-electron chi connectivity index (χ2n) is 5.08. The summed E-state index contributed by atoms with van der Waals surface area (Å²) in [6, 6.07) is 3.82. The van der Waals surface area contributed by atoms with Crippen LogP contribution in [-0.4, -0.2) is 40.7 Å². The lowest BCUT2D eigenvalue weighted by atomic mass is 10.2. The van der Waals surface area contributed by atoms with Gasteiger partial charge in [0.1, 0.15) is 30.1 Å². The predicted molar refractivity (Wildman–Crippen MR) is 81.1 cm³/mol. The number of aromatic nitrogens is 3. The van der Waals surface area contributed by atoms with Gasteiger partial charge in [0.25, 0.3) is 11.5 Å². The SMILES string of the molecule is CN(C)c1cc(NC(=O)c2cccn(CC(F)(F)F)c2=O)ncn1. The fraction of sp³-hybridized carbons (Fsp3) is 0.286. The Morgan fingerprint density at radius 2 is 2.04 bits per heavy atom. The predicted octanol–water partition coefficient (Wildman–Crippen LogP) is 1.52. The molecule has 0 aliphatic heterocycles. The van der Waals surface area contributed by atoms with Gasteiger partial charge in [-0.05, 0) is 12.1 Å². The first-order valence-corrected chi connectivity index (χ1v) is 6.74. The van der Waals surface area contributed by atoms with Crippen molar-refractivity contribution in [3.05, 3.63) is 46.6 Å². The smallest absolute Gasteiger partial charge is 0.363 e. The van der Waals surface area contributed by atoms with Gasteiger partial charge in [0, 0.05) is 26.4 Å². The van der Waals surface area contributed by atoms with Gasteiger partial charge in [-0.1, -0.05) is 0 Å². The molecule has 2 rings (SSSR count). The number of carbonyl (C=O) groups is 1. The van der Waals surface area contributed by atoms with Gasteiger partial charge in [-0.3, -0.25) is 9.59 Å². The molecule has 0 atom stereocenters. The number of hydrogen-bond acceptors (Lipinski definition) is 5. The highest BCUT2D eigenvalue weighted by Crippen LogP contribution is 2.16. The molecule has 0 fully saturated rings. The monoisotopic (exact) mass is 341 g/mol. The van der Waals surface area contributed by atoms with Crippen LogP contribution in [0.5, 0.6) is 0 Å². The summed E-state index contributed by atoms with van der Waals surface area (Å²) in [5, 5.41) is 2.37. The highest BCUT2D eigenvalue weighted by molar-refractivity contribution is 6.03. The van der Waals surface area contributed by atoms with Gasteiger partial charge in [0.05, 0.1) is 0 Å². The van der Waals surface area contributed by atoms with Crippen LogP contribution in [0.2, 0.25) is 0 Å². The number of nitrogens with one attached hydrogen (secondary N) is 1. The van der Waals surface area contributed by atoms with Crippen molar-refractivity contribution in [2.45, 2.75) is 12.7 Å². The van der Waals surface area contributed by atoms with E-state index in [1.807, 2.05) is 0 Å². The molecule has 1 N–H and O–H groups in total. The van der Waals surface area contributed by atoms with E-state index >= 15 is 0 Å². The van der Waals surface area contributed by atoms with E-state index in [0.29, 0.717) is 10.4 Å². The van der Waals surface area contributed by atoms with Crippen LogP contribution in [0.1, 0.15) is 10.4 Å². The minimum atomic E-state index is -4.56. The lowest BCUT2D eigenvalue weighted by Crippen LogP contribution is -2.32. The zero-order valence-electron chi connectivity index (χ0n) is 12.8. The van der Waals surface area contributed by atoms with Crippen LogP contribution in [0, 0.1) is 0 Å². The van der Waals surface area contributed by atoms with Crippen molar-refractivity contribution in [3.63, 3.8) is 0 Å². The number of halogens is 3. The summed E-state index contributed by atoms with van der Waals surface area (Å²) in [6.07, 6.45) is -2.37. The van der Waals surface area contributed by atoms with Gasteiger partial charge in [0.15, 0.2) is 0 Å². The summed E-state index contributed by atoms with van der Waals surface area (Å²) in [4.78, 5) is 33.6. The third-order valence-corrected chi connectivity index (χ3v) is 2.97. The number of carbonyl (C=O) groups excluding carboxylic acids is 1. The minimum Gasteiger partial charge on any atom is -0.363 e. The molecule has 0 unspecified atom stereocenters. The molecule has 1 amide bonds. The van der Waals surface area contributed by atoms with Crippen LogP contribution in [0.4, 0.5) is 24.8 Å². The second-order valence-corrected chi connectivity index (χ2v) is 5.08. The van der Waals surface area contributed by atoms with E-state index in [9.17, 15) is 22.8 Å². The number of hydrogen-bond donors (Lipinski definition) is 1. The molecule has 0 saturated carbocycles. The lowest BCUT2D eigenvalue weighted by molar-refractivity contribution is -0.141. The first-order chi connectivity index (χ1) is 11.2. The summed E-state index contributed by atoms with van der Waals surface area (Å²) in [6.45, 7) is -1.47. The van der Waals surface area contributed by atoms with Crippen LogP contribution in [0.15, 0.2) is 35.5 Å². The number of nitrogens with zero attached hydrogens (tertiary/aromatic N) is 4. The molecule has 10 heteroatoms. The average Bonchev–Trinajstić information content (AvgIpc) is 2.48. The molecule has 2 heterocycles. The molecule has 0 spiro atoms. The average molecular weight is 341 g/mol. The quantitative estimate of drug-likeness (QED) is 0.912. The number of alkyl halides is 3. The third-order valence-electron chi connectivity index (χ3n) is 2.97. The molecule has 0 aliphatic rings. The van der Waals surface area contributed by atoms with Gasteiger partial charge in [0.2, 0.25) is 0 Å². The van der Waals surface area contributed by atoms with Crippen molar-refractivity contribution in [2.24, 2.45) is 0 Å². The van der Waals surface area contributed by atoms with Crippen LogP contribution < -0.4 is 15.8 Å². The zero-order valence-corrected chi connectivity index (χ0v) is 12.8. The normalized spacial score (nSPS) is 11.2. The standard InChI is InChI=1S/C14H14F3N5O2/c1-21(2)11-6-10(18-8-19-11)20-12(23)9-4-3-5-22(13(9)24)7-14(15,16)17/h3-6,8H,7H2,1-2H3,(H,18,19,20,23). The first kappa shape index (κ1) is 17.4. The minimum absolute atomic E-state index is 0.129. The molecule has 0 aromatic carbocycles. The molecule has 0 bridgehead atoms. The summed E-state index contributed by atoms with van der Waals surface area (Å²) >= 11 is 0. The molecular weight excluding hydrogens is 327 g/mol. The molecule has 7 nitrogen and oxygen atoms in total. The molecule has 0 radical (unpaired) electrons. The Balaban J connectivity index is 2.26. The molecule has 2 aromatic heterocycles. The fourth-order valence-electron chi connectivity index (χ4n) is 1.87. The van der Waals surface area contributed by atoms with Crippen molar-refractivity contribution < 1.29 is 18.0 Å². The Labute approximate surface area is 134 Å². The van der Waals surface area contributed by atoms with E-state index < -0.39 is 29.8 Å². The second kappa shape index (κ2) is 6.69. The third kappa shape index (κ3) is 4.31. The maximum atomic E-state index is 12.4. The number of rotatable bonds is 4. The molecule has 128 valence electrons. The number of anilines is 2. The maximum Gasteiger partial charge on any atom is 0.406 e. The molecule has 0 aliphatic carbocycles. The van der Waals surface area contributed by atoms with Gasteiger partial charge in [-0.25, -0.2) is 9.97 Å². The van der Waals surface area contributed by atoms with E-state index in [0.717, 1.165) is 12.3 Å². The van der Waals surface area contributed by atoms with Crippen LogP contribution in [-0.2, 0) is 6.54 Å². The van der Waals surface area contributed by atoms with E-state index in [-0.39, 0.29) is 5.82 Å². The summed E-state index contributed by atoms with van der Waals surface area (Å²) < 4.78 is 37.7. The molecule has 2 aromatic rings. The van der Waals surface area contributed by atoms with E-state index in [4.69, 9.17) is 0 Å². The molecular formula is C14H14F3N5O2. The van der Waals surface area contributed by atoms with Gasteiger partial charge < -0.3 is 14.8 Å². The Morgan fingerprint density at radius 1 is 1.33 bits per heavy atom. The first-order valence-electron chi connectivity index (χ1n) is 6.74. The van der Waals surface area contributed by atoms with Crippen LogP contribution in [0.3, 0.4) is 0 Å². The number of amides is 1. The van der Waals surface area contributed by atoms with E-state index in [2.05, 4.69) is 15.3 Å². The maximum absolute atomic E-state index is 12.4. The largest absolute Gasteiger partial charge is 0.406 e. The molecule has 24 heavy (non-hydrogen) atoms. The van der Waals surface area contributed by atoms with Gasteiger partial charge >= 0.3 is 6.18 Å². The topological polar surface area (TPSA) is 80.1 Å². The van der Waals surface area contributed by atoms with Crippen molar-refractivity contribution >= 4 is 17.5 Å². The zero-order chi connectivity index (χ0) is 17.9. The van der Waals surface area contributed by atoms with Crippen LogP contribution in [0.25, 0.3) is 0 Å². The Bertz CT molecular complexity index is 801. The highest BCUT2D eigenvalue weighted by Gasteiger charge is 2.29. The van der Waals surface area contributed by atoms with Crippen molar-refractivity contribution in [3.8, 4) is 0 Å². The summed E-state index contributed by atoms with van der Waals surface area (Å²) in [7, 11) is 3.47. The van der Waals surface area contributed by atoms with Crippen molar-refractivity contribution in [1.29, 1.82) is 0 Å². The van der Waals surface area contributed by atoms with E-state index in [1.54, 1.807) is 19.0 Å². The van der Waals surface area contributed by atoms with Crippen LogP contribution >= 0.6 is 0 Å². The Kier molecular flexibility index (Phi) is 4.86. The fourth-order valence-corrected chi connectivity index (χ4v) is 1.87. The van der Waals surface area contributed by atoms with Gasteiger partial charge in [-0.15, -0.1) is 0 Å². The molecule has 0 saturated heterocycles. The van der Waals surface area contributed by atoms with Gasteiger partial charge in [-0.2, -0.15) is 13.2 Å². The van der Waals surface area contributed by atoms with E-state index in [1.165, 1.54) is 18.5 Å². The number of pyridine rings is 1. The Hall–Kier alpha value is -2.91. The van der Waals surface area contributed by atoms with Crippen molar-refractivity contribution in [1.82, 2.24) is 14.5 Å². The van der Waals surface area contributed by atoms with Crippen molar-refractivity contribution in [2.75, 3.05) is 24.3 Å². The lowest BCUT2D eigenvalue weighted by Gasteiger charge is -2.12.